The molecular formula is C27H27N3O4. The van der Waals surface area contributed by atoms with Gasteiger partial charge in [-0.05, 0) is 55.0 Å². The Morgan fingerprint density at radius 1 is 0.971 bits per heavy atom. The molecule has 0 bridgehead atoms. The summed E-state index contributed by atoms with van der Waals surface area (Å²) in [5, 5.41) is 4.69. The van der Waals surface area contributed by atoms with Gasteiger partial charge < -0.3 is 14.8 Å². The van der Waals surface area contributed by atoms with E-state index in [1.165, 1.54) is 17.0 Å². The van der Waals surface area contributed by atoms with E-state index >= 15 is 0 Å². The molecule has 0 radical (unpaired) electrons. The number of hydrogen-bond donors (Lipinski definition) is 1. The van der Waals surface area contributed by atoms with Gasteiger partial charge in [-0.2, -0.15) is 0 Å². The molecule has 0 fully saturated rings. The Labute approximate surface area is 198 Å². The molecule has 4 rings (SSSR count). The normalized spacial score (nSPS) is 10.8. The highest BCUT2D eigenvalue weighted by molar-refractivity contribution is 6.09. The molecule has 174 valence electrons. The summed E-state index contributed by atoms with van der Waals surface area (Å²) < 4.78 is 12.6. The van der Waals surface area contributed by atoms with Gasteiger partial charge >= 0.3 is 0 Å². The Balaban J connectivity index is 1.45. The summed E-state index contributed by atoms with van der Waals surface area (Å²) in [6.07, 6.45) is 1.50. The van der Waals surface area contributed by atoms with E-state index in [1.54, 1.807) is 0 Å². The maximum Gasteiger partial charge on any atom is 0.255 e. The van der Waals surface area contributed by atoms with Crippen LogP contribution in [0.3, 0.4) is 0 Å². The lowest BCUT2D eigenvalue weighted by atomic mass is 10.0. The fourth-order valence-electron chi connectivity index (χ4n) is 3.78. The lowest BCUT2D eigenvalue weighted by Gasteiger charge is -2.14. The Morgan fingerprint density at radius 3 is 2.47 bits per heavy atom. The summed E-state index contributed by atoms with van der Waals surface area (Å²) in [4.78, 5) is 30.1. The fraction of sp³-hybridized carbons (Fsp3) is 0.222. The van der Waals surface area contributed by atoms with Gasteiger partial charge in [0.25, 0.3) is 11.5 Å². The molecule has 7 heteroatoms. The summed E-state index contributed by atoms with van der Waals surface area (Å²) in [5.74, 6) is 1.07. The van der Waals surface area contributed by atoms with Crippen LogP contribution in [0.4, 0.5) is 0 Å². The Bertz CT molecular complexity index is 1350. The molecule has 1 amide bonds. The van der Waals surface area contributed by atoms with Gasteiger partial charge in [0, 0.05) is 24.7 Å². The number of fused-ring (bicyclic) bond motifs is 1. The smallest absolute Gasteiger partial charge is 0.255 e. The average Bonchev–Trinajstić information content (AvgIpc) is 2.85. The van der Waals surface area contributed by atoms with Crippen molar-refractivity contribution in [3.63, 3.8) is 0 Å². The monoisotopic (exact) mass is 457 g/mol. The molecule has 34 heavy (non-hydrogen) atoms. The molecule has 7 nitrogen and oxygen atoms in total. The van der Waals surface area contributed by atoms with Crippen molar-refractivity contribution in [1.29, 1.82) is 0 Å². The number of aromatic nitrogens is 2. The number of amides is 1. The molecule has 0 unspecified atom stereocenters. The van der Waals surface area contributed by atoms with Crippen molar-refractivity contribution < 1.29 is 14.3 Å². The van der Waals surface area contributed by atoms with Crippen LogP contribution in [0.2, 0.25) is 0 Å². The second kappa shape index (κ2) is 10.7. The first-order chi connectivity index (χ1) is 16.6. The fourth-order valence-corrected chi connectivity index (χ4v) is 3.78. The number of carbonyl (C=O) groups is 1. The third kappa shape index (κ3) is 5.09. The molecule has 1 N–H and O–H groups in total. The minimum Gasteiger partial charge on any atom is -0.494 e. The van der Waals surface area contributed by atoms with Crippen LogP contribution in [0, 0.1) is 0 Å². The number of nitrogens with zero attached hydrogens (tertiary/aromatic N) is 2. The summed E-state index contributed by atoms with van der Waals surface area (Å²) in [6.45, 7) is 5.44. The van der Waals surface area contributed by atoms with Crippen LogP contribution >= 0.6 is 0 Å². The molecule has 4 aromatic rings. The first kappa shape index (κ1) is 23.0. The van der Waals surface area contributed by atoms with Gasteiger partial charge in [0.15, 0.2) is 0 Å². The molecule has 3 aromatic carbocycles. The van der Waals surface area contributed by atoms with Crippen molar-refractivity contribution in [3.8, 4) is 22.8 Å². The third-order valence-electron chi connectivity index (χ3n) is 5.40. The molecular weight excluding hydrogens is 430 g/mol. The number of hydrogen-bond acceptors (Lipinski definition) is 5. The van der Waals surface area contributed by atoms with E-state index in [4.69, 9.17) is 9.47 Å². The quantitative estimate of drug-likeness (QED) is 0.405. The van der Waals surface area contributed by atoms with Crippen LogP contribution in [0.25, 0.3) is 22.0 Å². The number of carbonyl (C=O) groups excluding carboxylic acids is 1. The molecule has 1 aromatic heterocycles. The highest BCUT2D eigenvalue weighted by atomic mass is 16.5. The first-order valence-corrected chi connectivity index (χ1v) is 11.3. The molecule has 0 aliphatic carbocycles. The summed E-state index contributed by atoms with van der Waals surface area (Å²) in [7, 11) is 0. The van der Waals surface area contributed by atoms with Gasteiger partial charge in [-0.25, -0.2) is 4.98 Å². The first-order valence-electron chi connectivity index (χ1n) is 11.3. The SMILES string of the molecule is CCOc1ccc(-c2cc(=O)n(CCNC(=O)c3c(OCC)ccc4ccccc34)cn2)cc1. The second-order valence-corrected chi connectivity index (χ2v) is 7.61. The predicted octanol–water partition coefficient (Wildman–Crippen LogP) is 4.29. The molecule has 0 aliphatic heterocycles. The Hall–Kier alpha value is -4.13. The zero-order valence-electron chi connectivity index (χ0n) is 19.3. The number of nitrogens with one attached hydrogen (secondary N) is 1. The summed E-state index contributed by atoms with van der Waals surface area (Å²) >= 11 is 0. The van der Waals surface area contributed by atoms with Crippen LogP contribution in [0.5, 0.6) is 11.5 Å². The van der Waals surface area contributed by atoms with Crippen LogP contribution < -0.4 is 20.3 Å². The molecule has 0 aliphatic rings. The van der Waals surface area contributed by atoms with Gasteiger partial charge in [-0.1, -0.05) is 30.3 Å². The van der Waals surface area contributed by atoms with E-state index in [-0.39, 0.29) is 18.0 Å². The van der Waals surface area contributed by atoms with E-state index in [2.05, 4.69) is 10.3 Å². The molecule has 0 atom stereocenters. The highest BCUT2D eigenvalue weighted by Crippen LogP contribution is 2.28. The number of ether oxygens (including phenoxy) is 2. The minimum absolute atomic E-state index is 0.187. The van der Waals surface area contributed by atoms with Crippen LogP contribution in [-0.2, 0) is 6.54 Å². The third-order valence-corrected chi connectivity index (χ3v) is 5.40. The largest absolute Gasteiger partial charge is 0.494 e. The van der Waals surface area contributed by atoms with E-state index in [0.29, 0.717) is 36.8 Å². The van der Waals surface area contributed by atoms with Gasteiger partial charge in [-0.15, -0.1) is 0 Å². The number of benzene rings is 3. The van der Waals surface area contributed by atoms with E-state index in [1.807, 2.05) is 74.5 Å². The second-order valence-electron chi connectivity index (χ2n) is 7.61. The maximum absolute atomic E-state index is 13.0. The topological polar surface area (TPSA) is 82.5 Å². The van der Waals surface area contributed by atoms with Gasteiger partial charge in [0.2, 0.25) is 0 Å². The molecule has 1 heterocycles. The molecule has 0 spiro atoms. The zero-order valence-corrected chi connectivity index (χ0v) is 19.3. The standard InChI is InChI=1S/C27H27N3O4/c1-3-33-21-12-9-20(10-13-21)23-17-25(31)30(18-29-23)16-15-28-27(32)26-22-8-6-5-7-19(22)11-14-24(26)34-4-2/h5-14,17-18H,3-4,15-16H2,1-2H3,(H,28,32). The molecule has 0 saturated heterocycles. The van der Waals surface area contributed by atoms with Gasteiger partial charge in [0.05, 0.1) is 30.8 Å². The minimum atomic E-state index is -0.243. The predicted molar refractivity (Wildman–Crippen MR) is 133 cm³/mol. The lowest BCUT2D eigenvalue weighted by Crippen LogP contribution is -2.31. The van der Waals surface area contributed by atoms with E-state index < -0.39 is 0 Å². The van der Waals surface area contributed by atoms with E-state index in [9.17, 15) is 9.59 Å². The van der Waals surface area contributed by atoms with Crippen molar-refractivity contribution in [2.45, 2.75) is 20.4 Å². The van der Waals surface area contributed by atoms with Crippen molar-refractivity contribution in [3.05, 3.63) is 89.0 Å². The van der Waals surface area contributed by atoms with Crippen molar-refractivity contribution in [2.75, 3.05) is 19.8 Å². The maximum atomic E-state index is 13.0. The lowest BCUT2D eigenvalue weighted by molar-refractivity contribution is 0.0950. The summed E-state index contributed by atoms with van der Waals surface area (Å²) in [5.41, 5.74) is 1.73. The van der Waals surface area contributed by atoms with Crippen molar-refractivity contribution in [1.82, 2.24) is 14.9 Å². The Kier molecular flexibility index (Phi) is 7.22. The van der Waals surface area contributed by atoms with Crippen molar-refractivity contribution in [2.24, 2.45) is 0 Å². The summed E-state index contributed by atoms with van der Waals surface area (Å²) in [6, 6.07) is 20.4. The van der Waals surface area contributed by atoms with Crippen LogP contribution in [0.1, 0.15) is 24.2 Å². The van der Waals surface area contributed by atoms with Gasteiger partial charge in [-0.3, -0.25) is 14.2 Å². The van der Waals surface area contributed by atoms with E-state index in [0.717, 1.165) is 22.1 Å². The van der Waals surface area contributed by atoms with Crippen LogP contribution in [-0.4, -0.2) is 35.2 Å². The average molecular weight is 458 g/mol. The molecule has 0 saturated carbocycles. The Morgan fingerprint density at radius 2 is 1.74 bits per heavy atom. The number of rotatable bonds is 9. The zero-order chi connectivity index (χ0) is 23.9. The van der Waals surface area contributed by atoms with Crippen molar-refractivity contribution >= 4 is 16.7 Å². The van der Waals surface area contributed by atoms with Gasteiger partial charge in [0.1, 0.15) is 11.5 Å². The highest BCUT2D eigenvalue weighted by Gasteiger charge is 2.16. The van der Waals surface area contributed by atoms with Crippen LogP contribution in [0.15, 0.2) is 77.9 Å².